The van der Waals surface area contributed by atoms with Gasteiger partial charge >= 0.3 is 12.1 Å². The van der Waals surface area contributed by atoms with Crippen molar-refractivity contribution in [2.45, 2.75) is 58.6 Å². The molecule has 0 spiro atoms. The van der Waals surface area contributed by atoms with E-state index in [9.17, 15) is 14.7 Å². The average Bonchev–Trinajstić information content (AvgIpc) is 2.25. The largest absolute Gasteiger partial charge is 0.480 e. The maximum absolute atomic E-state index is 11.7. The number of aliphatic carboxylic acids is 1. The summed E-state index contributed by atoms with van der Waals surface area (Å²) in [6.45, 7) is 8.51. The summed E-state index contributed by atoms with van der Waals surface area (Å²) < 4.78 is 10.4. The van der Waals surface area contributed by atoms with Crippen LogP contribution in [0.5, 0.6) is 0 Å². The number of carboxylic acid groups (broad SMARTS) is 1. The predicted molar refractivity (Wildman–Crippen MR) is 73.6 cm³/mol. The third-order valence-corrected chi connectivity index (χ3v) is 3.39. The fourth-order valence-corrected chi connectivity index (χ4v) is 2.21. The Morgan fingerprint density at radius 2 is 1.90 bits per heavy atom. The van der Waals surface area contributed by atoms with E-state index in [1.165, 1.54) is 0 Å². The van der Waals surface area contributed by atoms with Crippen LogP contribution in [-0.2, 0) is 14.3 Å². The van der Waals surface area contributed by atoms with Gasteiger partial charge in [0.05, 0.1) is 0 Å². The summed E-state index contributed by atoms with van der Waals surface area (Å²) in [6.07, 6.45) is 1.28. The molecular formula is C14H25NO5. The molecule has 6 nitrogen and oxygen atoms in total. The van der Waals surface area contributed by atoms with Gasteiger partial charge in [-0.1, -0.05) is 6.92 Å². The number of hydrogen-bond acceptors (Lipinski definition) is 4. The van der Waals surface area contributed by atoms with Crippen LogP contribution < -0.4 is 5.32 Å². The molecule has 1 aliphatic heterocycles. The zero-order chi connectivity index (χ0) is 15.4. The van der Waals surface area contributed by atoms with E-state index in [4.69, 9.17) is 9.47 Å². The molecule has 0 radical (unpaired) electrons. The van der Waals surface area contributed by atoms with Gasteiger partial charge in [-0.2, -0.15) is 0 Å². The van der Waals surface area contributed by atoms with Crippen LogP contribution in [0.25, 0.3) is 0 Å². The van der Waals surface area contributed by atoms with Crippen molar-refractivity contribution in [1.29, 1.82) is 0 Å². The van der Waals surface area contributed by atoms with Crippen molar-refractivity contribution in [3.63, 3.8) is 0 Å². The summed E-state index contributed by atoms with van der Waals surface area (Å²) in [5.74, 6) is -1.04. The topological polar surface area (TPSA) is 84.9 Å². The predicted octanol–water partition coefficient (Wildman–Crippen LogP) is 2.17. The smallest absolute Gasteiger partial charge is 0.408 e. The zero-order valence-corrected chi connectivity index (χ0v) is 12.7. The molecule has 0 aliphatic carbocycles. The summed E-state index contributed by atoms with van der Waals surface area (Å²) in [5, 5.41) is 11.7. The number of alkyl carbamates (subject to hydrolysis) is 1. The first-order valence-electron chi connectivity index (χ1n) is 6.91. The Balaban J connectivity index is 2.60. The summed E-state index contributed by atoms with van der Waals surface area (Å²) in [5.41, 5.74) is -0.772. The van der Waals surface area contributed by atoms with E-state index >= 15 is 0 Å². The highest BCUT2D eigenvalue weighted by Crippen LogP contribution is 2.34. The van der Waals surface area contributed by atoms with Gasteiger partial charge in [0.1, 0.15) is 11.6 Å². The number of carboxylic acids is 1. The second kappa shape index (κ2) is 6.43. The highest BCUT2D eigenvalue weighted by atomic mass is 16.6. The molecule has 0 aromatic carbocycles. The van der Waals surface area contributed by atoms with E-state index in [1.807, 2.05) is 6.92 Å². The van der Waals surface area contributed by atoms with E-state index in [0.29, 0.717) is 19.6 Å². The van der Waals surface area contributed by atoms with Crippen molar-refractivity contribution in [2.75, 3.05) is 13.2 Å². The van der Waals surface area contributed by atoms with Crippen molar-refractivity contribution in [2.24, 2.45) is 5.41 Å². The Kier molecular flexibility index (Phi) is 5.39. The molecule has 0 aromatic rings. The van der Waals surface area contributed by atoms with E-state index < -0.39 is 23.7 Å². The molecule has 1 unspecified atom stereocenters. The van der Waals surface area contributed by atoms with Crippen LogP contribution in [0.3, 0.4) is 0 Å². The van der Waals surface area contributed by atoms with Gasteiger partial charge in [-0.25, -0.2) is 9.59 Å². The zero-order valence-electron chi connectivity index (χ0n) is 12.7. The molecule has 2 N–H and O–H groups in total. The molecule has 1 atom stereocenters. The summed E-state index contributed by atoms with van der Waals surface area (Å²) in [6, 6.07) is -0.937. The third kappa shape index (κ3) is 5.77. The molecule has 1 aliphatic rings. The van der Waals surface area contributed by atoms with Crippen molar-refractivity contribution >= 4 is 12.1 Å². The van der Waals surface area contributed by atoms with Crippen LogP contribution in [0.2, 0.25) is 0 Å². The lowest BCUT2D eigenvalue weighted by Gasteiger charge is -2.35. The van der Waals surface area contributed by atoms with Gasteiger partial charge in [0.2, 0.25) is 0 Å². The number of carbonyl (C=O) groups is 2. The van der Waals surface area contributed by atoms with Crippen molar-refractivity contribution in [1.82, 2.24) is 5.32 Å². The molecule has 20 heavy (non-hydrogen) atoms. The number of carbonyl (C=O) groups excluding carboxylic acids is 1. The lowest BCUT2D eigenvalue weighted by Crippen LogP contribution is -2.46. The van der Waals surface area contributed by atoms with Crippen molar-refractivity contribution in [3.8, 4) is 0 Å². The standard InChI is InChI=1S/C14H25NO5/c1-13(2,3)20-12(18)15-10(11(16)17)9-14(4)5-7-19-8-6-14/h10H,5-9H2,1-4H3,(H,15,18)(H,16,17). The van der Waals surface area contributed by atoms with Gasteiger partial charge in [0.15, 0.2) is 0 Å². The lowest BCUT2D eigenvalue weighted by molar-refractivity contribution is -0.141. The molecule has 0 aromatic heterocycles. The van der Waals surface area contributed by atoms with Crippen LogP contribution in [-0.4, -0.2) is 42.0 Å². The minimum atomic E-state index is -1.04. The Morgan fingerprint density at radius 1 is 1.35 bits per heavy atom. The fraction of sp³-hybridized carbons (Fsp3) is 0.857. The van der Waals surface area contributed by atoms with Crippen molar-refractivity contribution < 1.29 is 24.2 Å². The minimum absolute atomic E-state index is 0.129. The highest BCUT2D eigenvalue weighted by molar-refractivity contribution is 5.80. The van der Waals surface area contributed by atoms with Crippen LogP contribution in [0.4, 0.5) is 4.79 Å². The summed E-state index contributed by atoms with van der Waals surface area (Å²) >= 11 is 0. The Labute approximate surface area is 119 Å². The molecule has 116 valence electrons. The molecule has 1 saturated heterocycles. The number of ether oxygens (including phenoxy) is 2. The Bertz CT molecular complexity index is 355. The second-order valence-electron chi connectivity index (χ2n) is 6.66. The maximum atomic E-state index is 11.7. The summed E-state index contributed by atoms with van der Waals surface area (Å²) in [7, 11) is 0. The lowest BCUT2D eigenvalue weighted by atomic mass is 9.77. The highest BCUT2D eigenvalue weighted by Gasteiger charge is 2.34. The van der Waals surface area contributed by atoms with Gasteiger partial charge in [-0.15, -0.1) is 0 Å². The Morgan fingerprint density at radius 3 is 2.35 bits per heavy atom. The molecule has 1 fully saturated rings. The first-order chi connectivity index (χ1) is 9.11. The quantitative estimate of drug-likeness (QED) is 0.827. The van der Waals surface area contributed by atoms with Crippen molar-refractivity contribution in [3.05, 3.63) is 0 Å². The molecule has 6 heteroatoms. The molecular weight excluding hydrogens is 262 g/mol. The van der Waals surface area contributed by atoms with Crippen LogP contribution >= 0.6 is 0 Å². The second-order valence-corrected chi connectivity index (χ2v) is 6.66. The van der Waals surface area contributed by atoms with E-state index in [1.54, 1.807) is 20.8 Å². The summed E-state index contributed by atoms with van der Waals surface area (Å²) in [4.78, 5) is 23.0. The van der Waals surface area contributed by atoms with Gasteiger partial charge < -0.3 is 19.9 Å². The van der Waals surface area contributed by atoms with Crippen LogP contribution in [0.15, 0.2) is 0 Å². The van der Waals surface area contributed by atoms with E-state index in [2.05, 4.69) is 5.32 Å². The normalized spacial score (nSPS) is 20.0. The number of rotatable bonds is 4. The molecule has 0 saturated carbocycles. The molecule has 1 rings (SSSR count). The van der Waals surface area contributed by atoms with Gasteiger partial charge in [0.25, 0.3) is 0 Å². The van der Waals surface area contributed by atoms with Gasteiger partial charge in [-0.3, -0.25) is 0 Å². The Hall–Kier alpha value is -1.30. The third-order valence-electron chi connectivity index (χ3n) is 3.39. The first kappa shape index (κ1) is 16.8. The number of hydrogen-bond donors (Lipinski definition) is 2. The minimum Gasteiger partial charge on any atom is -0.480 e. The number of amides is 1. The number of nitrogens with one attached hydrogen (secondary N) is 1. The van der Waals surface area contributed by atoms with Crippen LogP contribution in [0.1, 0.15) is 47.0 Å². The molecule has 0 bridgehead atoms. The van der Waals surface area contributed by atoms with Crippen LogP contribution in [0, 0.1) is 5.41 Å². The first-order valence-corrected chi connectivity index (χ1v) is 6.91. The van der Waals surface area contributed by atoms with E-state index in [-0.39, 0.29) is 5.41 Å². The van der Waals surface area contributed by atoms with E-state index in [0.717, 1.165) is 12.8 Å². The molecule has 1 heterocycles. The SMILES string of the molecule is CC1(CC(NC(=O)OC(C)(C)C)C(=O)O)CCOCC1. The monoisotopic (exact) mass is 287 g/mol. The van der Waals surface area contributed by atoms with Gasteiger partial charge in [0, 0.05) is 13.2 Å². The van der Waals surface area contributed by atoms with Gasteiger partial charge in [-0.05, 0) is 45.4 Å². The maximum Gasteiger partial charge on any atom is 0.408 e. The average molecular weight is 287 g/mol. The molecule has 1 amide bonds. The fourth-order valence-electron chi connectivity index (χ4n) is 2.21.